The minimum absolute atomic E-state index is 0.175. The van der Waals surface area contributed by atoms with Crippen molar-refractivity contribution in [2.45, 2.75) is 20.0 Å². The first-order chi connectivity index (χ1) is 12.1. The Hall–Kier alpha value is -3.10. The number of nitrogens with zero attached hydrogens (tertiary/aromatic N) is 3. The fraction of sp³-hybridized carbons (Fsp3) is 0.235. The number of nitrogen functional groups attached to an aromatic ring is 1. The Balaban J connectivity index is 1.98. The van der Waals surface area contributed by atoms with Crippen LogP contribution in [0.15, 0.2) is 36.8 Å². The first-order valence-corrected chi connectivity index (χ1v) is 7.78. The zero-order valence-corrected chi connectivity index (χ0v) is 14.0. The van der Waals surface area contributed by atoms with Gasteiger partial charge < -0.3 is 15.5 Å². The zero-order valence-electron chi connectivity index (χ0n) is 14.0. The number of rotatable bonds is 3. The molecular formula is C17H16F3N5O. The van der Waals surface area contributed by atoms with Gasteiger partial charge in [0.05, 0.1) is 11.8 Å². The molecule has 0 fully saturated rings. The number of fused-ring (bicyclic) bond motifs is 1. The van der Waals surface area contributed by atoms with Crippen LogP contribution in [0.25, 0.3) is 16.8 Å². The molecule has 3 aromatic rings. The van der Waals surface area contributed by atoms with E-state index in [1.807, 2.05) is 0 Å². The number of nitrogens with two attached hydrogens (primary N) is 1. The minimum Gasteiger partial charge on any atom is -0.383 e. The van der Waals surface area contributed by atoms with Crippen molar-refractivity contribution in [2.24, 2.45) is 5.92 Å². The summed E-state index contributed by atoms with van der Waals surface area (Å²) >= 11 is 0. The topological polar surface area (TPSA) is 85.3 Å². The number of nitrogens with one attached hydrogen (secondary N) is 1. The van der Waals surface area contributed by atoms with Crippen LogP contribution in [0.4, 0.5) is 24.8 Å². The summed E-state index contributed by atoms with van der Waals surface area (Å²) in [5.74, 6) is -0.570. The van der Waals surface area contributed by atoms with E-state index in [9.17, 15) is 18.0 Å². The fourth-order valence-corrected chi connectivity index (χ4v) is 2.35. The van der Waals surface area contributed by atoms with Crippen molar-refractivity contribution in [3.63, 3.8) is 0 Å². The number of alkyl halides is 3. The molecule has 0 aromatic carbocycles. The first kappa shape index (κ1) is 17.7. The lowest BCUT2D eigenvalue weighted by atomic mass is 10.1. The molecule has 136 valence electrons. The molecule has 0 spiro atoms. The Bertz CT molecular complexity index is 978. The molecule has 3 heterocycles. The summed E-state index contributed by atoms with van der Waals surface area (Å²) in [6, 6.07) is 4.23. The molecule has 0 aliphatic carbocycles. The number of aromatic nitrogens is 3. The van der Waals surface area contributed by atoms with Crippen LogP contribution in [-0.4, -0.2) is 20.3 Å². The Morgan fingerprint density at radius 2 is 1.96 bits per heavy atom. The van der Waals surface area contributed by atoms with E-state index in [1.54, 1.807) is 42.8 Å². The van der Waals surface area contributed by atoms with Crippen LogP contribution in [-0.2, 0) is 11.0 Å². The summed E-state index contributed by atoms with van der Waals surface area (Å²) < 4.78 is 40.7. The van der Waals surface area contributed by atoms with Gasteiger partial charge in [-0.1, -0.05) is 13.8 Å². The lowest BCUT2D eigenvalue weighted by Crippen LogP contribution is -2.17. The predicted molar refractivity (Wildman–Crippen MR) is 91.3 cm³/mol. The average molecular weight is 363 g/mol. The van der Waals surface area contributed by atoms with E-state index in [1.165, 1.54) is 6.20 Å². The van der Waals surface area contributed by atoms with E-state index in [4.69, 9.17) is 5.73 Å². The van der Waals surface area contributed by atoms with Crippen LogP contribution < -0.4 is 11.1 Å². The third kappa shape index (κ3) is 3.46. The Morgan fingerprint density at radius 1 is 1.23 bits per heavy atom. The summed E-state index contributed by atoms with van der Waals surface area (Å²) in [6.07, 6.45) is -0.0974. The third-order valence-electron chi connectivity index (χ3n) is 3.78. The van der Waals surface area contributed by atoms with Gasteiger partial charge in [-0.3, -0.25) is 4.79 Å². The van der Waals surface area contributed by atoms with Gasteiger partial charge in [-0.2, -0.15) is 13.2 Å². The molecule has 0 atom stereocenters. The van der Waals surface area contributed by atoms with E-state index in [2.05, 4.69) is 15.3 Å². The summed E-state index contributed by atoms with van der Waals surface area (Å²) in [5.41, 5.74) is 5.68. The van der Waals surface area contributed by atoms with E-state index < -0.39 is 17.6 Å². The molecule has 0 aliphatic rings. The number of halogens is 3. The van der Waals surface area contributed by atoms with Gasteiger partial charge in [0.2, 0.25) is 5.91 Å². The van der Waals surface area contributed by atoms with E-state index in [-0.39, 0.29) is 17.4 Å². The van der Waals surface area contributed by atoms with E-state index in [0.717, 1.165) is 6.07 Å². The molecule has 6 nitrogen and oxygen atoms in total. The van der Waals surface area contributed by atoms with Gasteiger partial charge in [-0.15, -0.1) is 0 Å². The van der Waals surface area contributed by atoms with Crippen molar-refractivity contribution in [2.75, 3.05) is 11.1 Å². The van der Waals surface area contributed by atoms with Gasteiger partial charge in [-0.25, -0.2) is 9.97 Å². The molecular weight excluding hydrogens is 347 g/mol. The van der Waals surface area contributed by atoms with Crippen molar-refractivity contribution in [1.29, 1.82) is 0 Å². The van der Waals surface area contributed by atoms with Gasteiger partial charge in [0.1, 0.15) is 11.5 Å². The first-order valence-electron chi connectivity index (χ1n) is 7.78. The summed E-state index contributed by atoms with van der Waals surface area (Å²) in [5, 5.41) is 2.68. The summed E-state index contributed by atoms with van der Waals surface area (Å²) in [7, 11) is 0. The monoisotopic (exact) mass is 363 g/mol. The highest BCUT2D eigenvalue weighted by Gasteiger charge is 2.34. The standard InChI is InChI=1S/C17H16F3N5O/c1-9(2)16(26)24-13-8-25-7-10(3-4-14(25)23-13)11-5-12(17(18,19)20)15(21)22-6-11/h3-9H,1-2H3,(H2,21,22)(H,24,26). The smallest absolute Gasteiger partial charge is 0.383 e. The quantitative estimate of drug-likeness (QED) is 0.745. The Morgan fingerprint density at radius 3 is 2.62 bits per heavy atom. The zero-order chi connectivity index (χ0) is 19.1. The molecule has 9 heteroatoms. The molecule has 1 amide bonds. The van der Waals surface area contributed by atoms with Crippen LogP contribution in [0.1, 0.15) is 19.4 Å². The van der Waals surface area contributed by atoms with Crippen molar-refractivity contribution < 1.29 is 18.0 Å². The molecule has 3 rings (SSSR count). The number of carbonyl (C=O) groups is 1. The minimum atomic E-state index is -4.58. The molecule has 3 N–H and O–H groups in total. The van der Waals surface area contributed by atoms with Gasteiger partial charge in [-0.05, 0) is 18.2 Å². The number of carbonyl (C=O) groups excluding carboxylic acids is 1. The molecule has 0 saturated heterocycles. The highest BCUT2D eigenvalue weighted by molar-refractivity contribution is 5.91. The van der Waals surface area contributed by atoms with Crippen LogP contribution in [0.2, 0.25) is 0 Å². The number of hydrogen-bond acceptors (Lipinski definition) is 4. The molecule has 0 unspecified atom stereocenters. The normalized spacial score (nSPS) is 11.9. The second kappa shape index (κ2) is 6.32. The van der Waals surface area contributed by atoms with Crippen molar-refractivity contribution >= 4 is 23.2 Å². The largest absolute Gasteiger partial charge is 0.419 e. The SMILES string of the molecule is CC(C)C(=O)Nc1cn2cc(-c3cnc(N)c(C(F)(F)F)c3)ccc2n1. The van der Waals surface area contributed by atoms with Gasteiger partial charge in [0, 0.05) is 29.4 Å². The summed E-state index contributed by atoms with van der Waals surface area (Å²) in [6.45, 7) is 3.52. The second-order valence-electron chi connectivity index (χ2n) is 6.11. The van der Waals surface area contributed by atoms with Gasteiger partial charge in [0.15, 0.2) is 5.82 Å². The van der Waals surface area contributed by atoms with E-state index >= 15 is 0 Å². The highest BCUT2D eigenvalue weighted by Crippen LogP contribution is 2.35. The van der Waals surface area contributed by atoms with Gasteiger partial charge in [0.25, 0.3) is 0 Å². The number of hydrogen-bond donors (Lipinski definition) is 2. The number of pyridine rings is 2. The van der Waals surface area contributed by atoms with Crippen molar-refractivity contribution in [3.8, 4) is 11.1 Å². The molecule has 26 heavy (non-hydrogen) atoms. The number of imidazole rings is 1. The molecule has 0 radical (unpaired) electrons. The predicted octanol–water partition coefficient (Wildman–Crippen LogP) is 3.59. The lowest BCUT2D eigenvalue weighted by molar-refractivity contribution is -0.137. The van der Waals surface area contributed by atoms with Crippen LogP contribution in [0.5, 0.6) is 0 Å². The maximum Gasteiger partial charge on any atom is 0.419 e. The van der Waals surface area contributed by atoms with Crippen molar-refractivity contribution in [1.82, 2.24) is 14.4 Å². The van der Waals surface area contributed by atoms with Crippen LogP contribution in [0, 0.1) is 5.92 Å². The van der Waals surface area contributed by atoms with E-state index in [0.29, 0.717) is 17.0 Å². The van der Waals surface area contributed by atoms with Crippen molar-refractivity contribution in [3.05, 3.63) is 42.4 Å². The van der Waals surface area contributed by atoms with Crippen LogP contribution >= 0.6 is 0 Å². The average Bonchev–Trinajstić information content (AvgIpc) is 2.95. The van der Waals surface area contributed by atoms with Gasteiger partial charge >= 0.3 is 6.18 Å². The summed E-state index contributed by atoms with van der Waals surface area (Å²) in [4.78, 5) is 19.7. The Kier molecular flexibility index (Phi) is 4.31. The maximum absolute atomic E-state index is 13.0. The molecule has 0 aliphatic heterocycles. The lowest BCUT2D eigenvalue weighted by Gasteiger charge is -2.11. The highest BCUT2D eigenvalue weighted by atomic mass is 19.4. The third-order valence-corrected chi connectivity index (χ3v) is 3.78. The maximum atomic E-state index is 13.0. The molecule has 0 saturated carbocycles. The molecule has 3 aromatic heterocycles. The number of anilines is 2. The second-order valence-corrected chi connectivity index (χ2v) is 6.11. The van der Waals surface area contributed by atoms with Crippen LogP contribution in [0.3, 0.4) is 0 Å². The Labute approximate surface area is 146 Å². The number of amides is 1. The fourth-order valence-electron chi connectivity index (χ4n) is 2.35. The molecule has 0 bridgehead atoms.